The van der Waals surface area contributed by atoms with Gasteiger partial charge < -0.3 is 4.74 Å². The second-order valence-electron chi connectivity index (χ2n) is 4.36. The molecular formula is C9H19NO3S. The molecular weight excluding hydrogens is 202 g/mol. The summed E-state index contributed by atoms with van der Waals surface area (Å²) in [6.45, 7) is 5.68. The summed E-state index contributed by atoms with van der Waals surface area (Å²) in [5, 5.41) is 0. The van der Waals surface area contributed by atoms with Gasteiger partial charge in [0.15, 0.2) is 0 Å². The van der Waals surface area contributed by atoms with Crippen molar-refractivity contribution in [2.24, 2.45) is 5.41 Å². The molecule has 0 bridgehead atoms. The van der Waals surface area contributed by atoms with E-state index in [9.17, 15) is 8.42 Å². The van der Waals surface area contributed by atoms with E-state index in [1.807, 2.05) is 13.8 Å². The van der Waals surface area contributed by atoms with Crippen LogP contribution < -0.4 is 4.72 Å². The predicted octanol–water partition coefficient (Wildman–Crippen LogP) is 0.739. The van der Waals surface area contributed by atoms with Crippen LogP contribution in [-0.2, 0) is 14.8 Å². The standard InChI is InChI=1S/C9H19NO3S/c1-5-14(11,12)10-7-6-8(13-4)9(7,2)3/h7-8,10H,5-6H2,1-4H3. The Balaban J connectivity index is 2.60. The second-order valence-corrected chi connectivity index (χ2v) is 6.40. The molecule has 1 fully saturated rings. The molecule has 2 unspecified atom stereocenters. The first-order valence-corrected chi connectivity index (χ1v) is 6.51. The maximum absolute atomic E-state index is 11.3. The van der Waals surface area contributed by atoms with Crippen LogP contribution in [0.15, 0.2) is 0 Å². The SMILES string of the molecule is CCS(=O)(=O)NC1CC(OC)C1(C)C. The van der Waals surface area contributed by atoms with Crippen molar-refractivity contribution in [1.82, 2.24) is 4.72 Å². The van der Waals surface area contributed by atoms with Crippen molar-refractivity contribution in [3.8, 4) is 0 Å². The highest BCUT2D eigenvalue weighted by Crippen LogP contribution is 2.42. The summed E-state index contributed by atoms with van der Waals surface area (Å²) in [5.74, 6) is 0.136. The molecule has 0 aromatic carbocycles. The van der Waals surface area contributed by atoms with Gasteiger partial charge in [-0.1, -0.05) is 13.8 Å². The normalized spacial score (nSPS) is 31.1. The smallest absolute Gasteiger partial charge is 0.211 e. The van der Waals surface area contributed by atoms with E-state index in [0.717, 1.165) is 6.42 Å². The van der Waals surface area contributed by atoms with Gasteiger partial charge in [-0.15, -0.1) is 0 Å². The van der Waals surface area contributed by atoms with Crippen molar-refractivity contribution in [3.05, 3.63) is 0 Å². The molecule has 1 aliphatic carbocycles. The van der Waals surface area contributed by atoms with Gasteiger partial charge in [0.1, 0.15) is 0 Å². The van der Waals surface area contributed by atoms with E-state index in [1.165, 1.54) is 0 Å². The highest BCUT2D eigenvalue weighted by molar-refractivity contribution is 7.89. The van der Waals surface area contributed by atoms with Gasteiger partial charge in [0.2, 0.25) is 10.0 Å². The quantitative estimate of drug-likeness (QED) is 0.761. The highest BCUT2D eigenvalue weighted by Gasteiger charge is 2.49. The van der Waals surface area contributed by atoms with Gasteiger partial charge in [-0.3, -0.25) is 0 Å². The Morgan fingerprint density at radius 3 is 2.43 bits per heavy atom. The molecule has 0 amide bonds. The van der Waals surface area contributed by atoms with Gasteiger partial charge in [-0.2, -0.15) is 0 Å². The summed E-state index contributed by atoms with van der Waals surface area (Å²) in [4.78, 5) is 0. The molecule has 0 spiro atoms. The van der Waals surface area contributed by atoms with Crippen molar-refractivity contribution in [1.29, 1.82) is 0 Å². The topological polar surface area (TPSA) is 55.4 Å². The van der Waals surface area contributed by atoms with E-state index in [2.05, 4.69) is 4.72 Å². The molecule has 0 aromatic rings. The molecule has 0 aromatic heterocycles. The Bertz CT molecular complexity index is 297. The summed E-state index contributed by atoms with van der Waals surface area (Å²) in [5.41, 5.74) is -0.100. The highest BCUT2D eigenvalue weighted by atomic mass is 32.2. The van der Waals surface area contributed by atoms with E-state index in [-0.39, 0.29) is 23.3 Å². The fourth-order valence-corrected chi connectivity index (χ4v) is 2.79. The van der Waals surface area contributed by atoms with Gasteiger partial charge in [0.25, 0.3) is 0 Å². The third-order valence-electron chi connectivity index (χ3n) is 3.16. The monoisotopic (exact) mass is 221 g/mol. The van der Waals surface area contributed by atoms with E-state index in [4.69, 9.17) is 4.74 Å². The number of hydrogen-bond acceptors (Lipinski definition) is 3. The first-order chi connectivity index (χ1) is 6.33. The van der Waals surface area contributed by atoms with E-state index in [1.54, 1.807) is 14.0 Å². The van der Waals surface area contributed by atoms with E-state index in [0.29, 0.717) is 0 Å². The summed E-state index contributed by atoms with van der Waals surface area (Å²) in [7, 11) is -1.42. The van der Waals surface area contributed by atoms with E-state index < -0.39 is 10.0 Å². The van der Waals surface area contributed by atoms with Gasteiger partial charge in [0, 0.05) is 18.6 Å². The zero-order valence-electron chi connectivity index (χ0n) is 9.20. The molecule has 84 valence electrons. The maximum atomic E-state index is 11.3. The molecule has 0 saturated heterocycles. The number of rotatable bonds is 4. The van der Waals surface area contributed by atoms with Crippen molar-refractivity contribution in [3.63, 3.8) is 0 Å². The zero-order valence-corrected chi connectivity index (χ0v) is 10.0. The van der Waals surface area contributed by atoms with Crippen molar-refractivity contribution in [2.75, 3.05) is 12.9 Å². The lowest BCUT2D eigenvalue weighted by molar-refractivity contribution is -0.0908. The largest absolute Gasteiger partial charge is 0.381 e. The van der Waals surface area contributed by atoms with Crippen LogP contribution in [0.2, 0.25) is 0 Å². The second kappa shape index (κ2) is 3.79. The van der Waals surface area contributed by atoms with Crippen molar-refractivity contribution < 1.29 is 13.2 Å². The van der Waals surface area contributed by atoms with Crippen LogP contribution in [0.5, 0.6) is 0 Å². The minimum absolute atomic E-state index is 0.0115. The predicted molar refractivity (Wildman–Crippen MR) is 55.6 cm³/mol. The Morgan fingerprint density at radius 2 is 2.07 bits per heavy atom. The Kier molecular flexibility index (Phi) is 3.23. The van der Waals surface area contributed by atoms with Gasteiger partial charge >= 0.3 is 0 Å². The number of hydrogen-bond donors (Lipinski definition) is 1. The van der Waals surface area contributed by atoms with Crippen LogP contribution in [0.4, 0.5) is 0 Å². The molecule has 1 saturated carbocycles. The van der Waals surface area contributed by atoms with Crippen molar-refractivity contribution in [2.45, 2.75) is 39.3 Å². The van der Waals surface area contributed by atoms with Crippen LogP contribution in [0.3, 0.4) is 0 Å². The Labute approximate surface area is 86.1 Å². The third-order valence-corrected chi connectivity index (χ3v) is 4.57. The average molecular weight is 221 g/mol. The minimum atomic E-state index is -3.09. The van der Waals surface area contributed by atoms with Crippen LogP contribution in [0, 0.1) is 5.41 Å². The number of methoxy groups -OCH3 is 1. The number of ether oxygens (including phenoxy) is 1. The molecule has 0 heterocycles. The lowest BCUT2D eigenvalue weighted by atomic mass is 9.65. The molecule has 1 rings (SSSR count). The fraction of sp³-hybridized carbons (Fsp3) is 1.00. The number of nitrogens with one attached hydrogen (secondary N) is 1. The Hall–Kier alpha value is -0.130. The van der Waals surface area contributed by atoms with E-state index >= 15 is 0 Å². The van der Waals surface area contributed by atoms with Crippen molar-refractivity contribution >= 4 is 10.0 Å². The fourth-order valence-electron chi connectivity index (χ4n) is 1.79. The van der Waals surface area contributed by atoms with Gasteiger partial charge in [0.05, 0.1) is 11.9 Å². The number of sulfonamides is 1. The molecule has 0 radical (unpaired) electrons. The first-order valence-electron chi connectivity index (χ1n) is 4.86. The molecule has 2 atom stereocenters. The summed E-state index contributed by atoms with van der Waals surface area (Å²) in [6, 6.07) is 0.0115. The zero-order chi connectivity index (χ0) is 11.0. The summed E-state index contributed by atoms with van der Waals surface area (Å²) >= 11 is 0. The molecule has 5 heteroatoms. The maximum Gasteiger partial charge on any atom is 0.211 e. The molecule has 4 nitrogen and oxygen atoms in total. The third kappa shape index (κ3) is 2.10. The molecule has 14 heavy (non-hydrogen) atoms. The molecule has 0 aliphatic heterocycles. The van der Waals surface area contributed by atoms with Crippen LogP contribution in [0.25, 0.3) is 0 Å². The first kappa shape index (κ1) is 11.9. The average Bonchev–Trinajstić information content (AvgIpc) is 2.11. The summed E-state index contributed by atoms with van der Waals surface area (Å²) < 4.78 is 30.6. The lowest BCUT2D eigenvalue weighted by Gasteiger charge is -2.50. The Morgan fingerprint density at radius 1 is 1.50 bits per heavy atom. The molecule has 1 aliphatic rings. The summed E-state index contributed by atoms with van der Waals surface area (Å²) in [6.07, 6.45) is 0.926. The van der Waals surface area contributed by atoms with Crippen LogP contribution in [-0.4, -0.2) is 33.4 Å². The minimum Gasteiger partial charge on any atom is -0.381 e. The van der Waals surface area contributed by atoms with Gasteiger partial charge in [-0.05, 0) is 13.3 Å². The van der Waals surface area contributed by atoms with Crippen LogP contribution in [0.1, 0.15) is 27.2 Å². The molecule has 1 N–H and O–H groups in total. The van der Waals surface area contributed by atoms with Crippen LogP contribution >= 0.6 is 0 Å². The lowest BCUT2D eigenvalue weighted by Crippen LogP contribution is -2.61. The van der Waals surface area contributed by atoms with Gasteiger partial charge in [-0.25, -0.2) is 13.1 Å².